The van der Waals surface area contributed by atoms with Gasteiger partial charge in [-0.05, 0) is 30.9 Å². The minimum Gasteiger partial charge on any atom is -0.479 e. The molecule has 0 aliphatic heterocycles. The number of aliphatic hydroxyl groups excluding tert-OH is 1. The minimum absolute atomic E-state index is 0.140. The number of benzene rings is 1. The number of alkyl halides is 1. The minimum atomic E-state index is -1.61. The number of thioether (sulfide) groups is 1. The molecule has 1 rings (SSSR count). The Bertz CT molecular complexity index is 473. The van der Waals surface area contributed by atoms with Gasteiger partial charge in [-0.25, -0.2) is 4.79 Å². The second-order valence-corrected chi connectivity index (χ2v) is 5.90. The predicted octanol–water partition coefficient (Wildman–Crippen LogP) is 2.49. The van der Waals surface area contributed by atoms with Gasteiger partial charge < -0.3 is 10.2 Å². The molecule has 0 heterocycles. The topological polar surface area (TPSA) is 74.6 Å². The van der Waals surface area contributed by atoms with Gasteiger partial charge in [0.25, 0.3) is 0 Å². The van der Waals surface area contributed by atoms with Crippen LogP contribution >= 0.6 is 27.7 Å². The van der Waals surface area contributed by atoms with Crippen LogP contribution in [0.15, 0.2) is 23.1 Å². The number of halogens is 1. The predicted molar refractivity (Wildman–Crippen MR) is 73.5 cm³/mol. The van der Waals surface area contributed by atoms with Crippen LogP contribution < -0.4 is 0 Å². The lowest BCUT2D eigenvalue weighted by molar-refractivity contribution is -0.146. The summed E-state index contributed by atoms with van der Waals surface area (Å²) < 4.78 is 0. The second-order valence-electron chi connectivity index (χ2n) is 3.68. The fourth-order valence-corrected chi connectivity index (χ4v) is 2.28. The number of ketones is 1. The van der Waals surface area contributed by atoms with Gasteiger partial charge in [0.1, 0.15) is 0 Å². The molecule has 0 fully saturated rings. The lowest BCUT2D eigenvalue weighted by Crippen LogP contribution is -2.14. The number of aliphatic carboxylic acids is 1. The maximum Gasteiger partial charge on any atom is 0.337 e. The third-order valence-corrected chi connectivity index (χ3v) is 3.61. The monoisotopic (exact) mass is 332 g/mol. The van der Waals surface area contributed by atoms with Gasteiger partial charge >= 0.3 is 5.97 Å². The largest absolute Gasteiger partial charge is 0.479 e. The molecule has 0 spiro atoms. The number of rotatable bonds is 5. The van der Waals surface area contributed by atoms with Gasteiger partial charge in [-0.3, -0.25) is 4.79 Å². The normalized spacial score (nSPS) is 14.0. The molecule has 0 aromatic heterocycles. The molecule has 0 amide bonds. The molecule has 6 heteroatoms. The fourth-order valence-electron chi connectivity index (χ4n) is 1.45. The molecule has 2 N–H and O–H groups in total. The van der Waals surface area contributed by atoms with E-state index in [2.05, 4.69) is 15.9 Å². The standard InChI is InChI=1S/C12H13BrO4S/c1-6(13)10(14)8-5-7(11(15)12(16)17)3-4-9(8)18-2/h3-6,11,15H,1-2H3,(H,16,17). The number of carboxylic acids is 1. The summed E-state index contributed by atoms with van der Waals surface area (Å²) in [5, 5.41) is 18.2. The lowest BCUT2D eigenvalue weighted by Gasteiger charge is -2.12. The Morgan fingerprint density at radius 3 is 2.44 bits per heavy atom. The van der Waals surface area contributed by atoms with Crippen LogP contribution in [0.5, 0.6) is 0 Å². The highest BCUT2D eigenvalue weighted by atomic mass is 79.9. The third-order valence-electron chi connectivity index (χ3n) is 2.40. The van der Waals surface area contributed by atoms with Gasteiger partial charge in [-0.15, -0.1) is 11.8 Å². The van der Waals surface area contributed by atoms with E-state index >= 15 is 0 Å². The molecule has 0 saturated carbocycles. The Labute approximate surface area is 118 Å². The summed E-state index contributed by atoms with van der Waals surface area (Å²) in [7, 11) is 0. The number of carboxylic acid groups (broad SMARTS) is 1. The van der Waals surface area contributed by atoms with Crippen molar-refractivity contribution in [1.29, 1.82) is 0 Å². The van der Waals surface area contributed by atoms with Gasteiger partial charge in [-0.2, -0.15) is 0 Å². The third kappa shape index (κ3) is 3.34. The number of Topliss-reactive ketones (excluding diaryl/α,β-unsaturated/α-hetero) is 1. The molecular weight excluding hydrogens is 320 g/mol. The maximum absolute atomic E-state index is 12.0. The molecule has 0 aliphatic carbocycles. The van der Waals surface area contributed by atoms with Crippen LogP contribution in [0.25, 0.3) is 0 Å². The SMILES string of the molecule is CSc1ccc(C(O)C(=O)O)cc1C(=O)C(C)Br. The average Bonchev–Trinajstić information content (AvgIpc) is 2.35. The molecule has 2 atom stereocenters. The molecule has 0 bridgehead atoms. The zero-order valence-corrected chi connectivity index (χ0v) is 12.3. The smallest absolute Gasteiger partial charge is 0.337 e. The summed E-state index contributed by atoms with van der Waals surface area (Å²) in [6.07, 6.45) is 0.219. The van der Waals surface area contributed by atoms with E-state index in [1.54, 1.807) is 13.0 Å². The zero-order valence-electron chi connectivity index (χ0n) is 9.88. The van der Waals surface area contributed by atoms with E-state index < -0.39 is 12.1 Å². The first-order valence-electron chi connectivity index (χ1n) is 5.15. The van der Waals surface area contributed by atoms with Crippen molar-refractivity contribution in [3.63, 3.8) is 0 Å². The van der Waals surface area contributed by atoms with Crippen molar-refractivity contribution in [2.45, 2.75) is 22.8 Å². The molecule has 1 aromatic carbocycles. The molecule has 1 aromatic rings. The zero-order chi connectivity index (χ0) is 13.9. The van der Waals surface area contributed by atoms with E-state index in [4.69, 9.17) is 5.11 Å². The molecular formula is C12H13BrO4S. The van der Waals surface area contributed by atoms with E-state index in [1.807, 2.05) is 6.26 Å². The van der Waals surface area contributed by atoms with E-state index in [1.165, 1.54) is 23.9 Å². The highest BCUT2D eigenvalue weighted by molar-refractivity contribution is 9.10. The van der Waals surface area contributed by atoms with Crippen molar-refractivity contribution in [2.75, 3.05) is 6.26 Å². The van der Waals surface area contributed by atoms with Crippen molar-refractivity contribution < 1.29 is 19.8 Å². The number of aliphatic hydroxyl groups is 1. The Balaban J connectivity index is 3.25. The average molecular weight is 333 g/mol. The summed E-state index contributed by atoms with van der Waals surface area (Å²) in [6, 6.07) is 4.60. The van der Waals surface area contributed by atoms with Crippen LogP contribution in [-0.4, -0.2) is 33.0 Å². The summed E-state index contributed by atoms with van der Waals surface area (Å²) in [6.45, 7) is 1.70. The van der Waals surface area contributed by atoms with Gasteiger partial charge in [0.05, 0.1) is 4.83 Å². The van der Waals surface area contributed by atoms with E-state index in [0.29, 0.717) is 5.56 Å². The fraction of sp³-hybridized carbons (Fsp3) is 0.333. The van der Waals surface area contributed by atoms with Crippen LogP contribution in [0.4, 0.5) is 0 Å². The maximum atomic E-state index is 12.0. The van der Waals surface area contributed by atoms with Crippen molar-refractivity contribution in [3.05, 3.63) is 29.3 Å². The molecule has 98 valence electrons. The molecule has 18 heavy (non-hydrogen) atoms. The number of carbonyl (C=O) groups is 2. The van der Waals surface area contributed by atoms with Crippen LogP contribution in [0.2, 0.25) is 0 Å². The van der Waals surface area contributed by atoms with E-state index in [0.717, 1.165) is 4.90 Å². The Morgan fingerprint density at radius 1 is 1.39 bits per heavy atom. The van der Waals surface area contributed by atoms with Crippen molar-refractivity contribution in [3.8, 4) is 0 Å². The van der Waals surface area contributed by atoms with E-state index in [9.17, 15) is 14.7 Å². The highest BCUT2D eigenvalue weighted by Crippen LogP contribution is 2.26. The molecule has 0 radical (unpaired) electrons. The summed E-state index contributed by atoms with van der Waals surface area (Å²) in [5.41, 5.74) is 0.626. The molecule has 4 nitrogen and oxygen atoms in total. The molecule has 2 unspecified atom stereocenters. The lowest BCUT2D eigenvalue weighted by atomic mass is 10.0. The summed E-state index contributed by atoms with van der Waals surface area (Å²) in [4.78, 5) is 23.1. The van der Waals surface area contributed by atoms with E-state index in [-0.39, 0.29) is 16.2 Å². The number of hydrogen-bond acceptors (Lipinski definition) is 4. The Morgan fingerprint density at radius 2 is 2.00 bits per heavy atom. The first kappa shape index (κ1) is 15.2. The van der Waals surface area contributed by atoms with Crippen LogP contribution in [0.3, 0.4) is 0 Å². The Hall–Kier alpha value is -0.850. The van der Waals surface area contributed by atoms with Gasteiger partial charge in [0.15, 0.2) is 11.9 Å². The van der Waals surface area contributed by atoms with Crippen LogP contribution in [0.1, 0.15) is 28.9 Å². The highest BCUT2D eigenvalue weighted by Gasteiger charge is 2.21. The molecule has 0 saturated heterocycles. The number of carbonyl (C=O) groups excluding carboxylic acids is 1. The quantitative estimate of drug-likeness (QED) is 0.492. The van der Waals surface area contributed by atoms with Gasteiger partial charge in [-0.1, -0.05) is 22.0 Å². The van der Waals surface area contributed by atoms with Crippen LogP contribution in [-0.2, 0) is 4.79 Å². The first-order chi connectivity index (χ1) is 8.38. The summed E-state index contributed by atoms with van der Waals surface area (Å²) >= 11 is 4.59. The number of hydrogen-bond donors (Lipinski definition) is 2. The first-order valence-corrected chi connectivity index (χ1v) is 7.29. The summed E-state index contributed by atoms with van der Waals surface area (Å²) in [5.74, 6) is -1.48. The molecule has 0 aliphatic rings. The van der Waals surface area contributed by atoms with Gasteiger partial charge in [0.2, 0.25) is 0 Å². The van der Waals surface area contributed by atoms with Gasteiger partial charge in [0, 0.05) is 10.5 Å². The van der Waals surface area contributed by atoms with Crippen molar-refractivity contribution >= 4 is 39.4 Å². The van der Waals surface area contributed by atoms with Crippen molar-refractivity contribution in [2.24, 2.45) is 0 Å². The van der Waals surface area contributed by atoms with Crippen molar-refractivity contribution in [1.82, 2.24) is 0 Å². The van der Waals surface area contributed by atoms with Crippen LogP contribution in [0, 0.1) is 0 Å². The second kappa shape index (κ2) is 6.36. The Kier molecular flexibility index (Phi) is 5.37.